The molecule has 2 amide bonds. The van der Waals surface area contributed by atoms with Crippen LogP contribution in [0.4, 0.5) is 5.69 Å². The minimum Gasteiger partial charge on any atom is -0.344 e. The SMILES string of the molecule is Cc1ccccc1CNC(=O)C(=O)Nc1c(Cl)cccc1Cl. The van der Waals surface area contributed by atoms with Gasteiger partial charge in [0.2, 0.25) is 0 Å². The third-order valence-corrected chi connectivity index (χ3v) is 3.74. The van der Waals surface area contributed by atoms with Crippen LogP contribution >= 0.6 is 23.2 Å². The summed E-state index contributed by atoms with van der Waals surface area (Å²) in [5.74, 6) is -1.57. The zero-order valence-corrected chi connectivity index (χ0v) is 13.3. The number of anilines is 1. The van der Waals surface area contributed by atoms with Crippen molar-refractivity contribution in [2.24, 2.45) is 0 Å². The van der Waals surface area contributed by atoms with E-state index in [9.17, 15) is 9.59 Å². The summed E-state index contributed by atoms with van der Waals surface area (Å²) in [6.07, 6.45) is 0. The highest BCUT2D eigenvalue weighted by molar-refractivity contribution is 6.44. The number of hydrogen-bond acceptors (Lipinski definition) is 2. The monoisotopic (exact) mass is 336 g/mol. The maximum atomic E-state index is 11.9. The second-order valence-electron chi connectivity index (χ2n) is 4.66. The summed E-state index contributed by atoms with van der Waals surface area (Å²) in [6, 6.07) is 12.4. The predicted molar refractivity (Wildman–Crippen MR) is 88.1 cm³/mol. The lowest BCUT2D eigenvalue weighted by Gasteiger charge is -2.10. The minimum atomic E-state index is -0.816. The first-order valence-corrected chi connectivity index (χ1v) is 7.32. The number of rotatable bonds is 3. The van der Waals surface area contributed by atoms with Crippen LogP contribution in [0.2, 0.25) is 10.0 Å². The van der Waals surface area contributed by atoms with Crippen molar-refractivity contribution in [1.82, 2.24) is 5.32 Å². The minimum absolute atomic E-state index is 0.224. The first-order chi connectivity index (χ1) is 10.5. The number of carbonyl (C=O) groups excluding carboxylic acids is 2. The highest BCUT2D eigenvalue weighted by Gasteiger charge is 2.16. The van der Waals surface area contributed by atoms with Gasteiger partial charge in [0, 0.05) is 6.54 Å². The molecule has 0 unspecified atom stereocenters. The van der Waals surface area contributed by atoms with Gasteiger partial charge >= 0.3 is 11.8 Å². The summed E-state index contributed by atoms with van der Waals surface area (Å²) >= 11 is 11.9. The number of aryl methyl sites for hydroxylation is 1. The lowest BCUT2D eigenvalue weighted by atomic mass is 10.1. The molecule has 0 fully saturated rings. The van der Waals surface area contributed by atoms with Crippen LogP contribution in [0.25, 0.3) is 0 Å². The van der Waals surface area contributed by atoms with E-state index in [0.29, 0.717) is 0 Å². The molecule has 0 bridgehead atoms. The Morgan fingerprint density at radius 2 is 1.59 bits per heavy atom. The third-order valence-electron chi connectivity index (χ3n) is 3.11. The van der Waals surface area contributed by atoms with Crippen molar-refractivity contribution in [2.75, 3.05) is 5.32 Å². The normalized spacial score (nSPS) is 10.1. The van der Waals surface area contributed by atoms with Gasteiger partial charge in [-0.25, -0.2) is 0 Å². The van der Waals surface area contributed by atoms with Crippen LogP contribution in [0.5, 0.6) is 0 Å². The molecule has 6 heteroatoms. The molecule has 0 aromatic heterocycles. The van der Waals surface area contributed by atoms with E-state index in [1.807, 2.05) is 31.2 Å². The number of benzene rings is 2. The van der Waals surface area contributed by atoms with E-state index < -0.39 is 11.8 Å². The Balaban J connectivity index is 1.98. The molecule has 0 radical (unpaired) electrons. The largest absolute Gasteiger partial charge is 0.344 e. The number of nitrogens with one attached hydrogen (secondary N) is 2. The Labute approximate surface area is 138 Å². The fourth-order valence-electron chi connectivity index (χ4n) is 1.85. The smallest absolute Gasteiger partial charge is 0.313 e. The van der Waals surface area contributed by atoms with E-state index in [0.717, 1.165) is 11.1 Å². The number of amides is 2. The van der Waals surface area contributed by atoms with E-state index in [1.54, 1.807) is 18.2 Å². The highest BCUT2D eigenvalue weighted by Crippen LogP contribution is 2.29. The molecule has 0 saturated carbocycles. The Morgan fingerprint density at radius 1 is 0.955 bits per heavy atom. The molecule has 2 N–H and O–H groups in total. The first-order valence-electron chi connectivity index (χ1n) is 6.56. The molecule has 0 aliphatic rings. The summed E-state index contributed by atoms with van der Waals surface area (Å²) in [6.45, 7) is 2.21. The fraction of sp³-hybridized carbons (Fsp3) is 0.125. The molecular weight excluding hydrogens is 323 g/mol. The lowest BCUT2D eigenvalue weighted by molar-refractivity contribution is -0.136. The van der Waals surface area contributed by atoms with Gasteiger partial charge in [0.15, 0.2) is 0 Å². The van der Waals surface area contributed by atoms with E-state index >= 15 is 0 Å². The number of para-hydroxylation sites is 1. The van der Waals surface area contributed by atoms with Crippen molar-refractivity contribution in [3.63, 3.8) is 0 Å². The topological polar surface area (TPSA) is 58.2 Å². The lowest BCUT2D eigenvalue weighted by Crippen LogP contribution is -2.35. The summed E-state index contributed by atoms with van der Waals surface area (Å²) in [5, 5.41) is 5.52. The van der Waals surface area contributed by atoms with Crippen LogP contribution < -0.4 is 10.6 Å². The second-order valence-corrected chi connectivity index (χ2v) is 5.47. The van der Waals surface area contributed by atoms with E-state index in [2.05, 4.69) is 10.6 Å². The van der Waals surface area contributed by atoms with Crippen LogP contribution in [0.15, 0.2) is 42.5 Å². The van der Waals surface area contributed by atoms with Gasteiger partial charge in [-0.2, -0.15) is 0 Å². The van der Waals surface area contributed by atoms with Crippen LogP contribution in [0.3, 0.4) is 0 Å². The molecule has 0 aliphatic carbocycles. The number of hydrogen-bond donors (Lipinski definition) is 2. The van der Waals surface area contributed by atoms with E-state index in [-0.39, 0.29) is 22.3 Å². The quantitative estimate of drug-likeness (QED) is 0.842. The molecule has 0 spiro atoms. The van der Waals surface area contributed by atoms with Crippen molar-refractivity contribution in [2.45, 2.75) is 13.5 Å². The average Bonchev–Trinajstić information content (AvgIpc) is 2.49. The van der Waals surface area contributed by atoms with Crippen molar-refractivity contribution in [3.8, 4) is 0 Å². The van der Waals surface area contributed by atoms with Crippen LogP contribution in [-0.4, -0.2) is 11.8 Å². The van der Waals surface area contributed by atoms with Gasteiger partial charge in [0.05, 0.1) is 15.7 Å². The number of carbonyl (C=O) groups is 2. The Kier molecular flexibility index (Phi) is 5.41. The Hall–Kier alpha value is -2.04. The predicted octanol–water partition coefficient (Wildman–Crippen LogP) is 3.56. The Morgan fingerprint density at radius 3 is 2.23 bits per heavy atom. The molecule has 0 atom stereocenters. The van der Waals surface area contributed by atoms with Crippen LogP contribution in [0, 0.1) is 6.92 Å². The fourth-order valence-corrected chi connectivity index (χ4v) is 2.34. The third kappa shape index (κ3) is 4.00. The van der Waals surface area contributed by atoms with Gasteiger partial charge in [0.25, 0.3) is 0 Å². The summed E-state index contributed by atoms with van der Waals surface area (Å²) in [7, 11) is 0. The van der Waals surface area contributed by atoms with Crippen LogP contribution in [-0.2, 0) is 16.1 Å². The van der Waals surface area contributed by atoms with E-state index in [4.69, 9.17) is 23.2 Å². The molecule has 4 nitrogen and oxygen atoms in total. The molecule has 0 heterocycles. The maximum Gasteiger partial charge on any atom is 0.313 e. The molecular formula is C16H14Cl2N2O2. The zero-order valence-electron chi connectivity index (χ0n) is 11.8. The van der Waals surface area contributed by atoms with E-state index in [1.165, 1.54) is 0 Å². The molecule has 2 aromatic carbocycles. The van der Waals surface area contributed by atoms with Gasteiger partial charge in [-0.05, 0) is 30.2 Å². The second kappa shape index (κ2) is 7.29. The summed E-state index contributed by atoms with van der Waals surface area (Å²) in [4.78, 5) is 23.7. The standard InChI is InChI=1S/C16H14Cl2N2O2/c1-10-5-2-3-6-11(10)9-19-15(21)16(22)20-14-12(17)7-4-8-13(14)18/h2-8H,9H2,1H3,(H,19,21)(H,20,22). The molecule has 0 aliphatic heterocycles. The van der Waals surface area contributed by atoms with Crippen molar-refractivity contribution < 1.29 is 9.59 Å². The average molecular weight is 337 g/mol. The van der Waals surface area contributed by atoms with Crippen molar-refractivity contribution in [1.29, 1.82) is 0 Å². The maximum absolute atomic E-state index is 11.9. The highest BCUT2D eigenvalue weighted by atomic mass is 35.5. The van der Waals surface area contributed by atoms with Gasteiger partial charge in [-0.3, -0.25) is 9.59 Å². The van der Waals surface area contributed by atoms with Gasteiger partial charge in [0.1, 0.15) is 0 Å². The van der Waals surface area contributed by atoms with Gasteiger partial charge in [-0.15, -0.1) is 0 Å². The van der Waals surface area contributed by atoms with Crippen molar-refractivity contribution >= 4 is 40.7 Å². The summed E-state index contributed by atoms with van der Waals surface area (Å²) < 4.78 is 0. The van der Waals surface area contributed by atoms with Gasteiger partial charge in [-0.1, -0.05) is 53.5 Å². The van der Waals surface area contributed by atoms with Gasteiger partial charge < -0.3 is 10.6 Å². The van der Waals surface area contributed by atoms with Crippen LogP contribution in [0.1, 0.15) is 11.1 Å². The zero-order chi connectivity index (χ0) is 16.1. The number of halogens is 2. The summed E-state index contributed by atoms with van der Waals surface area (Å²) in [5.41, 5.74) is 2.21. The van der Waals surface area contributed by atoms with Crippen molar-refractivity contribution in [3.05, 3.63) is 63.6 Å². The molecule has 2 rings (SSSR count). The molecule has 22 heavy (non-hydrogen) atoms. The molecule has 0 saturated heterocycles. The molecule has 114 valence electrons. The first kappa shape index (κ1) is 16.3. The molecule has 2 aromatic rings. The Bertz CT molecular complexity index is 697.